The van der Waals surface area contributed by atoms with Gasteiger partial charge in [-0.15, -0.1) is 0 Å². The molecule has 128 valence electrons. The molecular weight excluding hydrogens is 328 g/mol. The molecule has 0 saturated carbocycles. The Hall–Kier alpha value is -3.40. The highest BCUT2D eigenvalue weighted by Crippen LogP contribution is 2.38. The Morgan fingerprint density at radius 2 is 0.846 bits per heavy atom. The van der Waals surface area contributed by atoms with Crippen molar-refractivity contribution in [2.75, 3.05) is 0 Å². The minimum atomic E-state index is -0.733. The van der Waals surface area contributed by atoms with Crippen LogP contribution < -0.4 is 0 Å². The summed E-state index contributed by atoms with van der Waals surface area (Å²) in [5.74, 6) is -1.07. The quantitative estimate of drug-likeness (QED) is 0.643. The molecule has 0 spiro atoms. The summed E-state index contributed by atoms with van der Waals surface area (Å²) in [6.07, 6.45) is -1.47. The SMILES string of the molecule is O=C1O[C@H](c2ccccc2)[C@@H](c2ccccc2)OC(=O)c2ccccc21. The van der Waals surface area contributed by atoms with Gasteiger partial charge in [0.1, 0.15) is 0 Å². The fourth-order valence-corrected chi connectivity index (χ4v) is 3.09. The van der Waals surface area contributed by atoms with Crippen molar-refractivity contribution in [1.82, 2.24) is 0 Å². The molecule has 0 aromatic heterocycles. The first-order valence-electron chi connectivity index (χ1n) is 8.35. The summed E-state index contributed by atoms with van der Waals surface area (Å²) < 4.78 is 11.6. The molecule has 4 rings (SSSR count). The molecule has 0 amide bonds. The van der Waals surface area contributed by atoms with Crippen molar-refractivity contribution in [2.24, 2.45) is 0 Å². The number of benzene rings is 3. The third kappa shape index (κ3) is 2.97. The van der Waals surface area contributed by atoms with Crippen LogP contribution >= 0.6 is 0 Å². The Bertz CT molecular complexity index is 856. The summed E-state index contributed by atoms with van der Waals surface area (Å²) in [5.41, 5.74) is 1.96. The van der Waals surface area contributed by atoms with Crippen LogP contribution in [-0.2, 0) is 9.47 Å². The van der Waals surface area contributed by atoms with Gasteiger partial charge in [-0.3, -0.25) is 0 Å². The van der Waals surface area contributed by atoms with Gasteiger partial charge in [0.25, 0.3) is 0 Å². The monoisotopic (exact) mass is 344 g/mol. The normalized spacial score (nSPS) is 19.5. The second-order valence-electron chi connectivity index (χ2n) is 6.02. The first kappa shape index (κ1) is 16.1. The van der Waals surface area contributed by atoms with Crippen molar-refractivity contribution in [3.8, 4) is 0 Å². The van der Waals surface area contributed by atoms with Crippen LogP contribution in [0, 0.1) is 0 Å². The highest BCUT2D eigenvalue weighted by atomic mass is 16.6. The topological polar surface area (TPSA) is 52.6 Å². The molecule has 1 aliphatic heterocycles. The Kier molecular flexibility index (Phi) is 4.23. The van der Waals surface area contributed by atoms with Gasteiger partial charge in [0.05, 0.1) is 11.1 Å². The molecule has 0 fully saturated rings. The van der Waals surface area contributed by atoms with E-state index in [-0.39, 0.29) is 11.1 Å². The number of hydrogen-bond acceptors (Lipinski definition) is 4. The number of esters is 2. The average Bonchev–Trinajstić information content (AvgIpc) is 2.70. The van der Waals surface area contributed by atoms with Crippen LogP contribution in [0.2, 0.25) is 0 Å². The molecule has 0 saturated heterocycles. The number of carbonyl (C=O) groups is 2. The van der Waals surface area contributed by atoms with E-state index in [1.807, 2.05) is 60.7 Å². The van der Waals surface area contributed by atoms with Crippen molar-refractivity contribution in [3.63, 3.8) is 0 Å². The summed E-state index contributed by atoms with van der Waals surface area (Å²) in [7, 11) is 0. The maximum absolute atomic E-state index is 12.7. The fourth-order valence-electron chi connectivity index (χ4n) is 3.09. The lowest BCUT2D eigenvalue weighted by Gasteiger charge is -2.30. The summed E-state index contributed by atoms with van der Waals surface area (Å²) in [6, 6.07) is 25.2. The van der Waals surface area contributed by atoms with E-state index in [1.54, 1.807) is 24.3 Å². The fraction of sp³-hybridized carbons (Fsp3) is 0.0909. The third-order valence-corrected chi connectivity index (χ3v) is 4.37. The molecule has 3 aromatic carbocycles. The lowest BCUT2D eigenvalue weighted by atomic mass is 9.96. The Morgan fingerprint density at radius 3 is 1.23 bits per heavy atom. The van der Waals surface area contributed by atoms with E-state index in [0.717, 1.165) is 11.1 Å². The van der Waals surface area contributed by atoms with Gasteiger partial charge in [0, 0.05) is 0 Å². The highest BCUT2D eigenvalue weighted by Gasteiger charge is 2.36. The number of hydrogen-bond donors (Lipinski definition) is 0. The maximum Gasteiger partial charge on any atom is 0.339 e. The van der Waals surface area contributed by atoms with Gasteiger partial charge < -0.3 is 9.47 Å². The average molecular weight is 344 g/mol. The Labute approximate surface area is 151 Å². The minimum absolute atomic E-state index is 0.213. The third-order valence-electron chi connectivity index (χ3n) is 4.37. The second kappa shape index (κ2) is 6.84. The number of carbonyl (C=O) groups excluding carboxylic acids is 2. The molecule has 2 atom stereocenters. The van der Waals surface area contributed by atoms with Gasteiger partial charge in [-0.05, 0) is 23.3 Å². The first-order valence-corrected chi connectivity index (χ1v) is 8.35. The van der Waals surface area contributed by atoms with Crippen LogP contribution in [0.3, 0.4) is 0 Å². The molecule has 0 bridgehead atoms. The molecule has 4 heteroatoms. The summed E-state index contributed by atoms with van der Waals surface area (Å²) in [6.45, 7) is 0. The molecule has 1 heterocycles. The molecular formula is C22H16O4. The van der Waals surface area contributed by atoms with E-state index in [0.29, 0.717) is 0 Å². The van der Waals surface area contributed by atoms with Gasteiger partial charge in [-0.25, -0.2) is 9.59 Å². The largest absolute Gasteiger partial charge is 0.449 e. The van der Waals surface area contributed by atoms with Crippen molar-refractivity contribution >= 4 is 11.9 Å². The minimum Gasteiger partial charge on any atom is -0.449 e. The van der Waals surface area contributed by atoms with E-state index in [1.165, 1.54) is 0 Å². The highest BCUT2D eigenvalue weighted by molar-refractivity contribution is 6.03. The van der Waals surface area contributed by atoms with Crippen LogP contribution in [0.5, 0.6) is 0 Å². The Balaban J connectivity index is 1.85. The van der Waals surface area contributed by atoms with Crippen molar-refractivity contribution in [1.29, 1.82) is 0 Å². The van der Waals surface area contributed by atoms with Crippen molar-refractivity contribution < 1.29 is 19.1 Å². The molecule has 0 aliphatic carbocycles. The van der Waals surface area contributed by atoms with Crippen molar-refractivity contribution in [2.45, 2.75) is 12.2 Å². The van der Waals surface area contributed by atoms with Gasteiger partial charge in [-0.1, -0.05) is 72.8 Å². The van der Waals surface area contributed by atoms with E-state index in [2.05, 4.69) is 0 Å². The molecule has 1 aliphatic rings. The van der Waals surface area contributed by atoms with Crippen LogP contribution in [0.25, 0.3) is 0 Å². The van der Waals surface area contributed by atoms with E-state index >= 15 is 0 Å². The molecule has 4 nitrogen and oxygen atoms in total. The molecule has 0 unspecified atom stereocenters. The first-order chi connectivity index (χ1) is 12.7. The standard InChI is InChI=1S/C22H16O4/c23-21-17-13-7-8-14-18(17)22(24)26-20(16-11-5-2-6-12-16)19(25-21)15-9-3-1-4-10-15/h1-14,19-20H/t19-,20-/m1/s1. The smallest absolute Gasteiger partial charge is 0.339 e. The van der Waals surface area contributed by atoms with E-state index in [4.69, 9.17) is 9.47 Å². The van der Waals surface area contributed by atoms with Gasteiger partial charge in [0.15, 0.2) is 12.2 Å². The number of rotatable bonds is 2. The summed E-state index contributed by atoms with van der Waals surface area (Å²) in [4.78, 5) is 25.5. The Morgan fingerprint density at radius 1 is 0.500 bits per heavy atom. The molecule has 26 heavy (non-hydrogen) atoms. The van der Waals surface area contributed by atoms with Crippen LogP contribution in [-0.4, -0.2) is 11.9 Å². The second-order valence-corrected chi connectivity index (χ2v) is 6.02. The van der Waals surface area contributed by atoms with E-state index in [9.17, 15) is 9.59 Å². The molecule has 3 aromatic rings. The van der Waals surface area contributed by atoms with Crippen molar-refractivity contribution in [3.05, 3.63) is 107 Å². The maximum atomic E-state index is 12.7. The van der Waals surface area contributed by atoms with Gasteiger partial charge in [-0.2, -0.15) is 0 Å². The zero-order valence-electron chi connectivity index (χ0n) is 13.9. The summed E-state index contributed by atoms with van der Waals surface area (Å²) >= 11 is 0. The molecule has 0 radical (unpaired) electrons. The molecule has 0 N–H and O–H groups in total. The van der Waals surface area contributed by atoms with E-state index < -0.39 is 24.1 Å². The van der Waals surface area contributed by atoms with Crippen LogP contribution in [0.4, 0.5) is 0 Å². The zero-order chi connectivity index (χ0) is 17.9. The van der Waals surface area contributed by atoms with Gasteiger partial charge in [0.2, 0.25) is 0 Å². The lowest BCUT2D eigenvalue weighted by Crippen LogP contribution is -2.27. The summed E-state index contributed by atoms with van der Waals surface area (Å²) in [5, 5.41) is 0. The van der Waals surface area contributed by atoms with Gasteiger partial charge >= 0.3 is 11.9 Å². The predicted octanol–water partition coefficient (Wildman–Crippen LogP) is 4.50. The zero-order valence-corrected chi connectivity index (χ0v) is 13.9. The van der Waals surface area contributed by atoms with Crippen LogP contribution in [0.1, 0.15) is 44.1 Å². The van der Waals surface area contributed by atoms with Crippen LogP contribution in [0.15, 0.2) is 84.9 Å². The number of fused-ring (bicyclic) bond motifs is 1. The lowest BCUT2D eigenvalue weighted by molar-refractivity contribution is -0.0424. The predicted molar refractivity (Wildman–Crippen MR) is 95.6 cm³/mol. The number of cyclic esters (lactones) is 2. The number of ether oxygens (including phenoxy) is 2.